The van der Waals surface area contributed by atoms with Crippen molar-refractivity contribution in [2.24, 2.45) is 5.92 Å². The van der Waals surface area contributed by atoms with Crippen LogP contribution in [-0.2, 0) is 14.8 Å². The fraction of sp³-hybridized carbons (Fsp3) is 0.345. The van der Waals surface area contributed by atoms with Crippen LogP contribution in [0.25, 0.3) is 10.8 Å². The first-order valence-electron chi connectivity index (χ1n) is 13.1. The molecule has 2 amide bonds. The molecule has 3 N–H and O–H groups in total. The second kappa shape index (κ2) is 11.1. The summed E-state index contributed by atoms with van der Waals surface area (Å²) < 4.78 is 29.8. The number of sulfonamides is 1. The Kier molecular flexibility index (Phi) is 7.66. The minimum Gasteiger partial charge on any atom is -0.341 e. The summed E-state index contributed by atoms with van der Waals surface area (Å²) in [6.07, 6.45) is 1.51. The second-order valence-electron chi connectivity index (χ2n) is 10.2. The molecule has 0 saturated carbocycles. The Labute approximate surface area is 228 Å². The predicted molar refractivity (Wildman–Crippen MR) is 149 cm³/mol. The molecular formula is C29H31N5O4S. The molecule has 9 nitrogen and oxygen atoms in total. The Morgan fingerprint density at radius 3 is 2.38 bits per heavy atom. The van der Waals surface area contributed by atoms with Crippen LogP contribution in [0.5, 0.6) is 0 Å². The molecule has 39 heavy (non-hydrogen) atoms. The molecule has 2 fully saturated rings. The first-order valence-corrected chi connectivity index (χ1v) is 14.6. The highest BCUT2D eigenvalue weighted by atomic mass is 32.2. The van der Waals surface area contributed by atoms with E-state index < -0.39 is 10.0 Å². The minimum absolute atomic E-state index is 0.0246. The number of rotatable bonds is 6. The van der Waals surface area contributed by atoms with Crippen LogP contribution in [0.4, 0.5) is 5.69 Å². The molecule has 1 unspecified atom stereocenters. The molecule has 0 aromatic heterocycles. The smallest absolute Gasteiger partial charge is 0.255 e. The van der Waals surface area contributed by atoms with Crippen molar-refractivity contribution in [1.29, 1.82) is 5.26 Å². The number of nitrogens with zero attached hydrogens (tertiary/aromatic N) is 2. The van der Waals surface area contributed by atoms with E-state index in [2.05, 4.69) is 21.4 Å². The van der Waals surface area contributed by atoms with E-state index in [0.717, 1.165) is 5.56 Å². The van der Waals surface area contributed by atoms with Gasteiger partial charge in [0, 0.05) is 47.7 Å². The number of piperidine rings is 1. The van der Waals surface area contributed by atoms with E-state index in [4.69, 9.17) is 5.26 Å². The number of nitriles is 1. The molecule has 3 aromatic rings. The third-order valence-corrected chi connectivity index (χ3v) is 9.13. The number of benzene rings is 3. The number of anilines is 1. The first kappa shape index (κ1) is 26.8. The van der Waals surface area contributed by atoms with Gasteiger partial charge in [0.2, 0.25) is 15.9 Å². The van der Waals surface area contributed by atoms with Crippen LogP contribution in [0, 0.1) is 24.2 Å². The van der Waals surface area contributed by atoms with Crippen molar-refractivity contribution in [2.45, 2.75) is 43.2 Å². The summed E-state index contributed by atoms with van der Waals surface area (Å²) in [7, 11) is -3.87. The molecule has 0 radical (unpaired) electrons. The second-order valence-corrected chi connectivity index (χ2v) is 11.9. The van der Waals surface area contributed by atoms with Crippen LogP contribution in [0.3, 0.4) is 0 Å². The zero-order valence-electron chi connectivity index (χ0n) is 21.7. The topological polar surface area (TPSA) is 131 Å². The van der Waals surface area contributed by atoms with E-state index in [-0.39, 0.29) is 34.7 Å². The number of likely N-dealkylation sites (tertiary alicyclic amines) is 1. The molecule has 0 aliphatic carbocycles. The van der Waals surface area contributed by atoms with Gasteiger partial charge in [-0.3, -0.25) is 9.59 Å². The average Bonchev–Trinajstić information content (AvgIpc) is 3.43. The molecule has 0 bridgehead atoms. The number of aryl methyl sites for hydroxylation is 1. The third kappa shape index (κ3) is 5.66. The molecular weight excluding hydrogens is 514 g/mol. The molecule has 5 rings (SSSR count). The number of carbonyl (C=O) groups is 2. The van der Waals surface area contributed by atoms with E-state index >= 15 is 0 Å². The van der Waals surface area contributed by atoms with Gasteiger partial charge in [-0.1, -0.05) is 42.5 Å². The largest absolute Gasteiger partial charge is 0.341 e. The van der Waals surface area contributed by atoms with Crippen LogP contribution in [0.1, 0.15) is 35.2 Å². The van der Waals surface area contributed by atoms with Gasteiger partial charge in [-0.05, 0) is 49.9 Å². The Bertz CT molecular complexity index is 1560. The number of nitrogens with one attached hydrogen (secondary N) is 3. The number of hydrogen-bond donors (Lipinski definition) is 3. The van der Waals surface area contributed by atoms with E-state index in [0.29, 0.717) is 60.9 Å². The fourth-order valence-electron chi connectivity index (χ4n) is 5.38. The lowest BCUT2D eigenvalue weighted by molar-refractivity contribution is -0.134. The van der Waals surface area contributed by atoms with Crippen molar-refractivity contribution in [3.8, 4) is 6.07 Å². The Morgan fingerprint density at radius 2 is 1.69 bits per heavy atom. The zero-order valence-corrected chi connectivity index (χ0v) is 22.5. The standard InChI is InChI=1S/C29H31N5O4S/c1-19-6-2-3-7-22(19)28(35)32-25-10-11-27(24-9-5-4-8-23(24)25)39(37,38)33-21-12-14-34(15-13-21)29(36)26-16-20(17-30)18-31-26/h2-11,20-21,26,31,33H,12-16,18H2,1H3,(H,32,35)/t20-,26?/m0/s1. The maximum atomic E-state index is 13.5. The summed E-state index contributed by atoms with van der Waals surface area (Å²) in [5, 5.41) is 16.3. The molecule has 202 valence electrons. The molecule has 0 spiro atoms. The van der Waals surface area contributed by atoms with Gasteiger partial charge in [0.25, 0.3) is 5.91 Å². The van der Waals surface area contributed by atoms with Crippen molar-refractivity contribution in [1.82, 2.24) is 14.9 Å². The van der Waals surface area contributed by atoms with Crippen molar-refractivity contribution in [3.63, 3.8) is 0 Å². The zero-order chi connectivity index (χ0) is 27.6. The van der Waals surface area contributed by atoms with Crippen LogP contribution in [0.2, 0.25) is 0 Å². The van der Waals surface area contributed by atoms with Gasteiger partial charge in [-0.25, -0.2) is 13.1 Å². The van der Waals surface area contributed by atoms with E-state index in [1.165, 1.54) is 6.07 Å². The Morgan fingerprint density at radius 1 is 1.00 bits per heavy atom. The third-order valence-electron chi connectivity index (χ3n) is 7.55. The average molecular weight is 546 g/mol. The normalized spacial score (nSPS) is 20.1. The fourth-order valence-corrected chi connectivity index (χ4v) is 6.89. The molecule has 10 heteroatoms. The minimum atomic E-state index is -3.87. The lowest BCUT2D eigenvalue weighted by Crippen LogP contribution is -2.50. The molecule has 2 aliphatic rings. The van der Waals surface area contributed by atoms with E-state index in [1.54, 1.807) is 47.4 Å². The number of amides is 2. The lowest BCUT2D eigenvalue weighted by atomic mass is 10.0. The lowest BCUT2D eigenvalue weighted by Gasteiger charge is -2.33. The summed E-state index contributed by atoms with van der Waals surface area (Å²) in [6, 6.07) is 19.1. The summed E-state index contributed by atoms with van der Waals surface area (Å²) >= 11 is 0. The highest BCUT2D eigenvalue weighted by molar-refractivity contribution is 7.89. The van der Waals surface area contributed by atoms with Gasteiger partial charge in [0.1, 0.15) is 0 Å². The molecule has 2 saturated heterocycles. The number of hydrogen-bond acceptors (Lipinski definition) is 6. The van der Waals surface area contributed by atoms with Gasteiger partial charge in [-0.15, -0.1) is 0 Å². The Hall–Kier alpha value is -3.78. The van der Waals surface area contributed by atoms with E-state index in [1.807, 2.05) is 19.1 Å². The number of carbonyl (C=O) groups excluding carboxylic acids is 2. The van der Waals surface area contributed by atoms with Crippen LogP contribution in [0.15, 0.2) is 65.6 Å². The molecule has 2 heterocycles. The van der Waals surface area contributed by atoms with E-state index in [9.17, 15) is 18.0 Å². The highest BCUT2D eigenvalue weighted by Gasteiger charge is 2.34. The van der Waals surface area contributed by atoms with Gasteiger partial charge in [-0.2, -0.15) is 5.26 Å². The number of fused-ring (bicyclic) bond motifs is 1. The summed E-state index contributed by atoms with van der Waals surface area (Å²) in [4.78, 5) is 27.6. The Balaban J connectivity index is 1.29. The van der Waals surface area contributed by atoms with Gasteiger partial charge in [0.15, 0.2) is 0 Å². The molecule has 2 atom stereocenters. The first-order chi connectivity index (χ1) is 18.8. The maximum Gasteiger partial charge on any atom is 0.255 e. The van der Waals surface area contributed by atoms with Crippen LogP contribution >= 0.6 is 0 Å². The SMILES string of the molecule is Cc1ccccc1C(=O)Nc1ccc(S(=O)(=O)NC2CCN(C(=O)C3C[C@@H](C#N)CN3)CC2)c2ccccc12. The van der Waals surface area contributed by atoms with Crippen molar-refractivity contribution in [3.05, 3.63) is 71.8 Å². The van der Waals surface area contributed by atoms with Gasteiger partial charge >= 0.3 is 0 Å². The van der Waals surface area contributed by atoms with Crippen molar-refractivity contribution < 1.29 is 18.0 Å². The van der Waals surface area contributed by atoms with Gasteiger partial charge < -0.3 is 15.5 Å². The summed E-state index contributed by atoms with van der Waals surface area (Å²) in [5.74, 6) is -0.437. The summed E-state index contributed by atoms with van der Waals surface area (Å²) in [6.45, 7) is 3.29. The quantitative estimate of drug-likeness (QED) is 0.436. The van der Waals surface area contributed by atoms with Gasteiger partial charge in [0.05, 0.1) is 22.9 Å². The summed E-state index contributed by atoms with van der Waals surface area (Å²) in [5.41, 5.74) is 1.93. The monoisotopic (exact) mass is 545 g/mol. The van der Waals surface area contributed by atoms with Crippen molar-refractivity contribution >= 4 is 38.3 Å². The molecule has 2 aliphatic heterocycles. The van der Waals surface area contributed by atoms with Crippen LogP contribution in [-0.4, -0.2) is 56.9 Å². The highest BCUT2D eigenvalue weighted by Crippen LogP contribution is 2.30. The van der Waals surface area contributed by atoms with Crippen LogP contribution < -0.4 is 15.4 Å². The van der Waals surface area contributed by atoms with Crippen molar-refractivity contribution in [2.75, 3.05) is 25.0 Å². The molecule has 3 aromatic carbocycles. The maximum absolute atomic E-state index is 13.5. The predicted octanol–water partition coefficient (Wildman–Crippen LogP) is 3.17.